The van der Waals surface area contributed by atoms with Crippen LogP contribution >= 0.6 is 11.8 Å². The number of hydrogen-bond donors (Lipinski definition) is 1. The monoisotopic (exact) mass is 336 g/mol. The number of benzene rings is 1. The lowest BCUT2D eigenvalue weighted by Crippen LogP contribution is -2.51. The standard InChI is InChI=1S/C15H20N4O3S/c1-15(22-17-14(21)18(2)3)12(16-19(4)13(15)20)10-6-8-11(23-5)9-7-10/h6-9H,1-5H3,(H,17,21). The van der Waals surface area contributed by atoms with E-state index in [2.05, 4.69) is 10.6 Å². The number of carbonyl (C=O) groups is 2. The Morgan fingerprint density at radius 2 is 1.96 bits per heavy atom. The predicted octanol–water partition coefficient (Wildman–Crippen LogP) is 1.55. The average molecular weight is 336 g/mol. The van der Waals surface area contributed by atoms with E-state index in [0.717, 1.165) is 10.5 Å². The van der Waals surface area contributed by atoms with E-state index in [1.807, 2.05) is 30.5 Å². The van der Waals surface area contributed by atoms with E-state index >= 15 is 0 Å². The molecule has 0 saturated carbocycles. The number of thioether (sulfide) groups is 1. The Balaban J connectivity index is 2.29. The zero-order valence-corrected chi connectivity index (χ0v) is 14.6. The summed E-state index contributed by atoms with van der Waals surface area (Å²) in [4.78, 5) is 32.0. The van der Waals surface area contributed by atoms with Crippen molar-refractivity contribution in [2.45, 2.75) is 17.4 Å². The summed E-state index contributed by atoms with van der Waals surface area (Å²) in [6.45, 7) is 1.59. The first-order valence-corrected chi connectivity index (χ1v) is 8.19. The van der Waals surface area contributed by atoms with Crippen LogP contribution in [0.2, 0.25) is 0 Å². The van der Waals surface area contributed by atoms with Gasteiger partial charge in [-0.15, -0.1) is 11.8 Å². The third-order valence-electron chi connectivity index (χ3n) is 3.52. The topological polar surface area (TPSA) is 74.2 Å². The summed E-state index contributed by atoms with van der Waals surface area (Å²) in [5.41, 5.74) is 2.14. The Labute approximate surface area is 139 Å². The highest BCUT2D eigenvalue weighted by molar-refractivity contribution is 7.98. The molecule has 1 unspecified atom stereocenters. The van der Waals surface area contributed by atoms with Crippen LogP contribution in [-0.4, -0.2) is 60.6 Å². The number of amides is 3. The molecule has 0 aliphatic carbocycles. The van der Waals surface area contributed by atoms with Crippen molar-refractivity contribution in [2.24, 2.45) is 5.10 Å². The third kappa shape index (κ3) is 3.32. The van der Waals surface area contributed by atoms with Gasteiger partial charge in [0.2, 0.25) is 5.60 Å². The van der Waals surface area contributed by atoms with Gasteiger partial charge in [-0.1, -0.05) is 12.1 Å². The molecule has 1 aliphatic heterocycles. The maximum Gasteiger partial charge on any atom is 0.340 e. The molecular weight excluding hydrogens is 316 g/mol. The number of likely N-dealkylation sites (N-methyl/N-ethyl adjacent to an activating group) is 1. The smallest absolute Gasteiger partial charge is 0.329 e. The van der Waals surface area contributed by atoms with Crippen LogP contribution in [0.15, 0.2) is 34.3 Å². The Morgan fingerprint density at radius 1 is 1.35 bits per heavy atom. The molecule has 8 heteroatoms. The quantitative estimate of drug-likeness (QED) is 0.669. The minimum absolute atomic E-state index is 0.347. The number of rotatable bonds is 4. The van der Waals surface area contributed by atoms with Gasteiger partial charge in [0.25, 0.3) is 5.91 Å². The molecule has 23 heavy (non-hydrogen) atoms. The summed E-state index contributed by atoms with van der Waals surface area (Å²) in [6, 6.07) is 7.21. The van der Waals surface area contributed by atoms with Gasteiger partial charge in [0.05, 0.1) is 0 Å². The number of hydroxylamine groups is 1. The first kappa shape index (κ1) is 17.3. The van der Waals surface area contributed by atoms with Crippen molar-refractivity contribution < 1.29 is 14.4 Å². The molecule has 0 aromatic heterocycles. The molecule has 2 rings (SSSR count). The van der Waals surface area contributed by atoms with Crippen LogP contribution in [0.1, 0.15) is 12.5 Å². The van der Waals surface area contributed by atoms with Gasteiger partial charge in [0, 0.05) is 31.6 Å². The molecule has 1 N–H and O–H groups in total. The van der Waals surface area contributed by atoms with Crippen LogP contribution in [0.3, 0.4) is 0 Å². The van der Waals surface area contributed by atoms with E-state index in [0.29, 0.717) is 5.71 Å². The fourth-order valence-corrected chi connectivity index (χ4v) is 2.52. The third-order valence-corrected chi connectivity index (χ3v) is 4.26. The molecule has 0 fully saturated rings. The summed E-state index contributed by atoms with van der Waals surface area (Å²) in [5.74, 6) is -0.347. The van der Waals surface area contributed by atoms with Crippen molar-refractivity contribution in [3.8, 4) is 0 Å². The summed E-state index contributed by atoms with van der Waals surface area (Å²) >= 11 is 1.63. The second-order valence-electron chi connectivity index (χ2n) is 5.44. The zero-order chi connectivity index (χ0) is 17.2. The maximum atomic E-state index is 12.4. The first-order valence-electron chi connectivity index (χ1n) is 6.96. The summed E-state index contributed by atoms with van der Waals surface area (Å²) in [6.07, 6.45) is 1.99. The van der Waals surface area contributed by atoms with Crippen molar-refractivity contribution in [3.63, 3.8) is 0 Å². The Kier molecular flexibility index (Phi) is 4.96. The highest BCUT2D eigenvalue weighted by Gasteiger charge is 2.49. The van der Waals surface area contributed by atoms with Gasteiger partial charge >= 0.3 is 6.03 Å². The summed E-state index contributed by atoms with van der Waals surface area (Å²) < 4.78 is 0. The van der Waals surface area contributed by atoms with Crippen molar-refractivity contribution in [1.82, 2.24) is 15.4 Å². The van der Waals surface area contributed by atoms with Gasteiger partial charge in [0.15, 0.2) is 0 Å². The van der Waals surface area contributed by atoms with Gasteiger partial charge in [-0.2, -0.15) is 5.10 Å². The Bertz CT molecular complexity index is 645. The van der Waals surface area contributed by atoms with E-state index in [4.69, 9.17) is 4.84 Å². The second kappa shape index (κ2) is 6.59. The Morgan fingerprint density at radius 3 is 2.48 bits per heavy atom. The molecule has 0 radical (unpaired) electrons. The van der Waals surface area contributed by atoms with Gasteiger partial charge < -0.3 is 4.90 Å². The molecule has 1 aromatic carbocycles. The number of carbonyl (C=O) groups excluding carboxylic acids is 2. The number of nitrogens with zero attached hydrogens (tertiary/aromatic N) is 3. The molecule has 124 valence electrons. The van der Waals surface area contributed by atoms with Crippen LogP contribution in [0.25, 0.3) is 0 Å². The SMILES string of the molecule is CSc1ccc(C2=NN(C)C(=O)C2(C)ONC(=O)N(C)C)cc1. The van der Waals surface area contributed by atoms with E-state index < -0.39 is 11.6 Å². The van der Waals surface area contributed by atoms with Crippen LogP contribution < -0.4 is 5.48 Å². The van der Waals surface area contributed by atoms with Gasteiger partial charge in [-0.3, -0.25) is 4.79 Å². The maximum absolute atomic E-state index is 12.4. The lowest BCUT2D eigenvalue weighted by molar-refractivity contribution is -0.148. The molecule has 1 aliphatic rings. The fourth-order valence-electron chi connectivity index (χ4n) is 2.11. The average Bonchev–Trinajstić information content (AvgIpc) is 2.77. The molecule has 0 bridgehead atoms. The molecule has 0 spiro atoms. The van der Waals surface area contributed by atoms with E-state index in [1.165, 1.54) is 9.91 Å². The van der Waals surface area contributed by atoms with Crippen LogP contribution in [0, 0.1) is 0 Å². The highest BCUT2D eigenvalue weighted by Crippen LogP contribution is 2.27. The lowest BCUT2D eigenvalue weighted by atomic mass is 9.94. The normalized spacial score (nSPS) is 20.5. The van der Waals surface area contributed by atoms with E-state index in [-0.39, 0.29) is 5.91 Å². The van der Waals surface area contributed by atoms with Gasteiger partial charge in [-0.05, 0) is 25.3 Å². The highest BCUT2D eigenvalue weighted by atomic mass is 32.2. The first-order chi connectivity index (χ1) is 10.8. The number of hydrazone groups is 1. The lowest BCUT2D eigenvalue weighted by Gasteiger charge is -2.25. The van der Waals surface area contributed by atoms with Gasteiger partial charge in [0.1, 0.15) is 5.71 Å². The number of nitrogens with one attached hydrogen (secondary N) is 1. The summed E-state index contributed by atoms with van der Waals surface area (Å²) in [7, 11) is 4.72. The van der Waals surface area contributed by atoms with Gasteiger partial charge in [-0.25, -0.2) is 20.1 Å². The van der Waals surface area contributed by atoms with Crippen molar-refractivity contribution in [1.29, 1.82) is 0 Å². The van der Waals surface area contributed by atoms with Crippen molar-refractivity contribution in [2.75, 3.05) is 27.4 Å². The number of hydrogen-bond acceptors (Lipinski definition) is 5. The van der Waals surface area contributed by atoms with Crippen molar-refractivity contribution in [3.05, 3.63) is 29.8 Å². The largest absolute Gasteiger partial charge is 0.340 e. The molecule has 1 aromatic rings. The van der Waals surface area contributed by atoms with Crippen molar-refractivity contribution >= 4 is 29.4 Å². The predicted molar refractivity (Wildman–Crippen MR) is 89.2 cm³/mol. The molecule has 3 amide bonds. The van der Waals surface area contributed by atoms with Crippen LogP contribution in [0.4, 0.5) is 4.79 Å². The minimum Gasteiger partial charge on any atom is -0.329 e. The number of urea groups is 1. The van der Waals surface area contributed by atoms with Crippen LogP contribution in [-0.2, 0) is 9.63 Å². The summed E-state index contributed by atoms with van der Waals surface area (Å²) in [5, 5.41) is 5.50. The Hall–Kier alpha value is -2.06. The van der Waals surface area contributed by atoms with E-state index in [1.54, 1.807) is 39.8 Å². The fraction of sp³-hybridized carbons (Fsp3) is 0.400. The molecule has 7 nitrogen and oxygen atoms in total. The molecule has 1 heterocycles. The molecular formula is C15H20N4O3S. The van der Waals surface area contributed by atoms with E-state index in [9.17, 15) is 9.59 Å². The minimum atomic E-state index is -1.37. The second-order valence-corrected chi connectivity index (χ2v) is 6.32. The van der Waals surface area contributed by atoms with Crippen LogP contribution in [0.5, 0.6) is 0 Å². The zero-order valence-electron chi connectivity index (χ0n) is 13.8. The molecule has 1 atom stereocenters. The molecule has 0 saturated heterocycles.